The van der Waals surface area contributed by atoms with Crippen molar-refractivity contribution in [3.05, 3.63) is 66.2 Å². The first-order valence-electron chi connectivity index (χ1n) is 6.40. The summed E-state index contributed by atoms with van der Waals surface area (Å²) in [6.45, 7) is 5.74. The standard InChI is InChI=1S/C17H17NO2/c1-3-15-16(18-13(2)19)10-7-11-17(15)20-12-14-8-5-4-6-9-14/h3-11H,1,12H2,2H3,(H,18,19). The largest absolute Gasteiger partial charge is 0.488 e. The van der Waals surface area contributed by atoms with Gasteiger partial charge < -0.3 is 10.1 Å². The molecule has 0 atom stereocenters. The zero-order valence-electron chi connectivity index (χ0n) is 11.4. The number of carbonyl (C=O) groups excluding carboxylic acids is 1. The van der Waals surface area contributed by atoms with Crippen molar-refractivity contribution >= 4 is 17.7 Å². The summed E-state index contributed by atoms with van der Waals surface area (Å²) in [5.41, 5.74) is 2.59. The molecule has 0 aliphatic carbocycles. The van der Waals surface area contributed by atoms with E-state index in [1.165, 1.54) is 6.92 Å². The molecule has 0 aliphatic heterocycles. The normalized spacial score (nSPS) is 9.85. The summed E-state index contributed by atoms with van der Waals surface area (Å²) >= 11 is 0. The minimum absolute atomic E-state index is 0.117. The lowest BCUT2D eigenvalue weighted by Gasteiger charge is -2.13. The quantitative estimate of drug-likeness (QED) is 0.893. The number of ether oxygens (including phenoxy) is 1. The lowest BCUT2D eigenvalue weighted by atomic mass is 10.1. The molecule has 2 aromatic carbocycles. The second kappa shape index (κ2) is 6.57. The summed E-state index contributed by atoms with van der Waals surface area (Å²) in [5.74, 6) is 0.586. The second-order valence-electron chi connectivity index (χ2n) is 4.38. The Kier molecular flexibility index (Phi) is 4.56. The minimum Gasteiger partial charge on any atom is -0.488 e. The van der Waals surface area contributed by atoms with Crippen molar-refractivity contribution in [2.75, 3.05) is 5.32 Å². The summed E-state index contributed by atoms with van der Waals surface area (Å²) < 4.78 is 5.81. The Labute approximate surface area is 118 Å². The molecule has 0 aliphatic rings. The molecular weight excluding hydrogens is 250 g/mol. The van der Waals surface area contributed by atoms with E-state index in [4.69, 9.17) is 4.74 Å². The molecule has 3 nitrogen and oxygen atoms in total. The Morgan fingerprint density at radius 3 is 2.60 bits per heavy atom. The molecule has 20 heavy (non-hydrogen) atoms. The summed E-state index contributed by atoms with van der Waals surface area (Å²) in [6.07, 6.45) is 1.69. The Morgan fingerprint density at radius 2 is 1.95 bits per heavy atom. The number of carbonyl (C=O) groups is 1. The van der Waals surface area contributed by atoms with E-state index in [0.717, 1.165) is 11.1 Å². The summed E-state index contributed by atoms with van der Waals surface area (Å²) in [6, 6.07) is 15.5. The molecule has 0 unspecified atom stereocenters. The first kappa shape index (κ1) is 13.9. The fourth-order valence-corrected chi connectivity index (χ4v) is 1.91. The van der Waals surface area contributed by atoms with E-state index in [9.17, 15) is 4.79 Å². The molecule has 102 valence electrons. The molecule has 0 fully saturated rings. The monoisotopic (exact) mass is 267 g/mol. The van der Waals surface area contributed by atoms with E-state index in [0.29, 0.717) is 18.0 Å². The zero-order chi connectivity index (χ0) is 14.4. The van der Waals surface area contributed by atoms with Crippen molar-refractivity contribution in [3.63, 3.8) is 0 Å². The van der Waals surface area contributed by atoms with Gasteiger partial charge in [-0.3, -0.25) is 4.79 Å². The van der Waals surface area contributed by atoms with E-state index >= 15 is 0 Å². The van der Waals surface area contributed by atoms with Crippen LogP contribution in [0.2, 0.25) is 0 Å². The minimum atomic E-state index is -0.117. The predicted octanol–water partition coefficient (Wildman–Crippen LogP) is 3.87. The van der Waals surface area contributed by atoms with Crippen LogP contribution < -0.4 is 10.1 Å². The van der Waals surface area contributed by atoms with Crippen LogP contribution in [-0.4, -0.2) is 5.91 Å². The van der Waals surface area contributed by atoms with Crippen molar-refractivity contribution in [2.24, 2.45) is 0 Å². The number of amides is 1. The van der Waals surface area contributed by atoms with Crippen LogP contribution in [-0.2, 0) is 11.4 Å². The highest BCUT2D eigenvalue weighted by molar-refractivity contribution is 5.92. The maximum atomic E-state index is 11.2. The van der Waals surface area contributed by atoms with Crippen LogP contribution in [0.1, 0.15) is 18.1 Å². The number of benzene rings is 2. The lowest BCUT2D eigenvalue weighted by molar-refractivity contribution is -0.114. The number of hydrogen-bond acceptors (Lipinski definition) is 2. The molecule has 2 rings (SSSR count). The van der Waals surface area contributed by atoms with Gasteiger partial charge in [-0.05, 0) is 17.7 Å². The van der Waals surface area contributed by atoms with E-state index in [1.54, 1.807) is 6.08 Å². The zero-order valence-corrected chi connectivity index (χ0v) is 11.4. The smallest absolute Gasteiger partial charge is 0.221 e. The Hall–Kier alpha value is -2.55. The van der Waals surface area contributed by atoms with Gasteiger partial charge in [0.2, 0.25) is 5.91 Å². The highest BCUT2D eigenvalue weighted by Crippen LogP contribution is 2.28. The Morgan fingerprint density at radius 1 is 1.20 bits per heavy atom. The van der Waals surface area contributed by atoms with Gasteiger partial charge in [-0.15, -0.1) is 0 Å². The van der Waals surface area contributed by atoms with Gasteiger partial charge in [0.1, 0.15) is 12.4 Å². The maximum Gasteiger partial charge on any atom is 0.221 e. The van der Waals surface area contributed by atoms with E-state index in [1.807, 2.05) is 48.5 Å². The second-order valence-corrected chi connectivity index (χ2v) is 4.38. The Bertz CT molecular complexity index is 606. The van der Waals surface area contributed by atoms with Crippen molar-refractivity contribution in [1.29, 1.82) is 0 Å². The molecule has 2 aromatic rings. The van der Waals surface area contributed by atoms with Gasteiger partial charge >= 0.3 is 0 Å². The molecule has 0 heterocycles. The topological polar surface area (TPSA) is 38.3 Å². The molecule has 0 spiro atoms. The van der Waals surface area contributed by atoms with Gasteiger partial charge in [0.05, 0.1) is 5.69 Å². The van der Waals surface area contributed by atoms with Gasteiger partial charge in [0.15, 0.2) is 0 Å². The molecule has 1 N–H and O–H groups in total. The van der Waals surface area contributed by atoms with Crippen molar-refractivity contribution in [3.8, 4) is 5.75 Å². The van der Waals surface area contributed by atoms with Gasteiger partial charge in [-0.25, -0.2) is 0 Å². The van der Waals surface area contributed by atoms with Gasteiger partial charge in [-0.2, -0.15) is 0 Å². The van der Waals surface area contributed by atoms with E-state index in [-0.39, 0.29) is 5.91 Å². The third-order valence-electron chi connectivity index (χ3n) is 2.82. The molecule has 3 heteroatoms. The van der Waals surface area contributed by atoms with Crippen LogP contribution in [0.25, 0.3) is 6.08 Å². The predicted molar refractivity (Wildman–Crippen MR) is 81.6 cm³/mol. The van der Waals surface area contributed by atoms with Crippen molar-refractivity contribution in [2.45, 2.75) is 13.5 Å². The van der Waals surface area contributed by atoms with Crippen LogP contribution in [0.15, 0.2) is 55.1 Å². The number of rotatable bonds is 5. The highest BCUT2D eigenvalue weighted by atomic mass is 16.5. The van der Waals surface area contributed by atoms with Crippen molar-refractivity contribution < 1.29 is 9.53 Å². The molecular formula is C17H17NO2. The summed E-state index contributed by atoms with van der Waals surface area (Å²) in [5, 5.41) is 2.77. The lowest BCUT2D eigenvalue weighted by Crippen LogP contribution is -2.08. The average Bonchev–Trinajstić information content (AvgIpc) is 2.45. The van der Waals surface area contributed by atoms with Gasteiger partial charge in [-0.1, -0.05) is 49.1 Å². The van der Waals surface area contributed by atoms with E-state index < -0.39 is 0 Å². The summed E-state index contributed by atoms with van der Waals surface area (Å²) in [4.78, 5) is 11.2. The molecule has 0 bridgehead atoms. The molecule has 0 saturated carbocycles. The number of nitrogens with one attached hydrogen (secondary N) is 1. The number of anilines is 1. The molecule has 0 radical (unpaired) electrons. The SMILES string of the molecule is C=Cc1c(NC(C)=O)cccc1OCc1ccccc1. The van der Waals surface area contributed by atoms with Crippen LogP contribution in [0.3, 0.4) is 0 Å². The van der Waals surface area contributed by atoms with Crippen LogP contribution in [0.5, 0.6) is 5.75 Å². The van der Waals surface area contributed by atoms with Gasteiger partial charge in [0.25, 0.3) is 0 Å². The third-order valence-corrected chi connectivity index (χ3v) is 2.82. The molecule has 0 saturated heterocycles. The first-order valence-corrected chi connectivity index (χ1v) is 6.40. The first-order chi connectivity index (χ1) is 9.70. The summed E-state index contributed by atoms with van der Waals surface area (Å²) in [7, 11) is 0. The molecule has 0 aromatic heterocycles. The van der Waals surface area contributed by atoms with Crippen LogP contribution in [0, 0.1) is 0 Å². The number of hydrogen-bond donors (Lipinski definition) is 1. The van der Waals surface area contributed by atoms with Crippen molar-refractivity contribution in [1.82, 2.24) is 0 Å². The van der Waals surface area contributed by atoms with E-state index in [2.05, 4.69) is 11.9 Å². The van der Waals surface area contributed by atoms with Gasteiger partial charge in [0, 0.05) is 12.5 Å². The highest BCUT2D eigenvalue weighted by Gasteiger charge is 2.07. The average molecular weight is 267 g/mol. The van der Waals surface area contributed by atoms with Crippen LogP contribution in [0.4, 0.5) is 5.69 Å². The van der Waals surface area contributed by atoms with Crippen LogP contribution >= 0.6 is 0 Å². The Balaban J connectivity index is 2.19. The fraction of sp³-hybridized carbons (Fsp3) is 0.118. The fourth-order valence-electron chi connectivity index (χ4n) is 1.91. The third kappa shape index (κ3) is 3.48. The maximum absolute atomic E-state index is 11.2. The molecule has 1 amide bonds.